The van der Waals surface area contributed by atoms with Crippen LogP contribution in [0, 0.1) is 5.92 Å². The molecule has 7 heteroatoms. The molecule has 1 aliphatic rings. The van der Waals surface area contributed by atoms with Crippen LogP contribution in [0.2, 0.25) is 0 Å². The molecule has 0 atom stereocenters. The van der Waals surface area contributed by atoms with Gasteiger partial charge in [0, 0.05) is 23.6 Å². The molecule has 0 unspecified atom stereocenters. The Morgan fingerprint density at radius 1 is 0.943 bits per heavy atom. The minimum Gasteiger partial charge on any atom is -0.493 e. The predicted molar refractivity (Wildman–Crippen MR) is 141 cm³/mol. The van der Waals surface area contributed by atoms with E-state index in [1.165, 1.54) is 12.5 Å². The van der Waals surface area contributed by atoms with Crippen LogP contribution in [0.5, 0.6) is 5.75 Å². The number of rotatable bonds is 18. The zero-order valence-corrected chi connectivity index (χ0v) is 21.9. The first-order valence-corrected chi connectivity index (χ1v) is 13.5. The van der Waals surface area contributed by atoms with Crippen LogP contribution >= 0.6 is 15.9 Å². The van der Waals surface area contributed by atoms with Crippen molar-refractivity contribution >= 4 is 27.9 Å². The molecule has 35 heavy (non-hydrogen) atoms. The monoisotopic (exact) mass is 548 g/mol. The third-order valence-corrected chi connectivity index (χ3v) is 6.33. The lowest BCUT2D eigenvalue weighted by atomic mass is 9.85. The molecule has 0 heterocycles. The molecule has 1 aromatic rings. The number of aliphatic carboxylic acids is 1. The lowest BCUT2D eigenvalue weighted by Crippen LogP contribution is -2.30. The summed E-state index contributed by atoms with van der Waals surface area (Å²) in [6, 6.07) is 7.80. The van der Waals surface area contributed by atoms with E-state index < -0.39 is 23.5 Å². The van der Waals surface area contributed by atoms with Crippen LogP contribution in [0.25, 0.3) is 0 Å². The number of carboxylic acid groups (broad SMARTS) is 1. The van der Waals surface area contributed by atoms with Crippen molar-refractivity contribution in [2.24, 2.45) is 5.92 Å². The van der Waals surface area contributed by atoms with Crippen LogP contribution in [-0.2, 0) is 24.7 Å². The van der Waals surface area contributed by atoms with E-state index in [0.717, 1.165) is 61.6 Å². The van der Waals surface area contributed by atoms with E-state index in [9.17, 15) is 14.7 Å². The topological polar surface area (TPSA) is 82.1 Å². The molecular formula is C28H37BrO6. The van der Waals surface area contributed by atoms with Gasteiger partial charge in [-0.25, -0.2) is 4.79 Å². The fraction of sp³-hybridized carbons (Fsp3) is 0.500. The van der Waals surface area contributed by atoms with Gasteiger partial charge >= 0.3 is 11.9 Å². The minimum atomic E-state index is -0.892. The van der Waals surface area contributed by atoms with E-state index in [4.69, 9.17) is 14.2 Å². The third kappa shape index (κ3) is 10.0. The molecule has 0 aromatic heterocycles. The minimum absolute atomic E-state index is 0.387. The van der Waals surface area contributed by atoms with Crippen LogP contribution in [0.1, 0.15) is 56.9 Å². The van der Waals surface area contributed by atoms with Crippen molar-refractivity contribution in [2.45, 2.75) is 57.0 Å². The number of carbonyl (C=O) groups excluding carboxylic acids is 1. The number of hydrogen-bond acceptors (Lipinski definition) is 5. The number of carbonyl (C=O) groups is 2. The fourth-order valence-corrected chi connectivity index (χ4v) is 4.21. The molecule has 1 aromatic carbocycles. The maximum atomic E-state index is 11.5. The maximum absolute atomic E-state index is 11.5. The molecule has 0 bridgehead atoms. The number of benzene rings is 1. The van der Waals surface area contributed by atoms with Crippen LogP contribution in [0.4, 0.5) is 0 Å². The molecule has 2 rings (SSSR count). The highest BCUT2D eigenvalue weighted by Crippen LogP contribution is 2.39. The van der Waals surface area contributed by atoms with Gasteiger partial charge in [-0.2, -0.15) is 0 Å². The van der Waals surface area contributed by atoms with Gasteiger partial charge in [-0.3, -0.25) is 4.79 Å². The van der Waals surface area contributed by atoms with E-state index in [2.05, 4.69) is 22.5 Å². The Labute approximate surface area is 217 Å². The van der Waals surface area contributed by atoms with E-state index in [1.54, 1.807) is 12.2 Å². The van der Waals surface area contributed by atoms with Gasteiger partial charge in [-0.1, -0.05) is 72.1 Å². The van der Waals surface area contributed by atoms with E-state index in [1.807, 2.05) is 36.4 Å². The van der Waals surface area contributed by atoms with Gasteiger partial charge in [0.2, 0.25) is 0 Å². The number of ether oxygens (including phenoxy) is 3. The normalized spacial score (nSPS) is 18.8. The van der Waals surface area contributed by atoms with Crippen molar-refractivity contribution in [1.29, 1.82) is 0 Å². The quantitative estimate of drug-likeness (QED) is 0.0756. The number of esters is 1. The Morgan fingerprint density at radius 3 is 2.23 bits per heavy atom. The lowest BCUT2D eigenvalue weighted by Gasteiger charge is -2.32. The number of carboxylic acids is 1. The first-order valence-electron chi connectivity index (χ1n) is 12.4. The second-order valence-corrected chi connectivity index (χ2v) is 9.25. The summed E-state index contributed by atoms with van der Waals surface area (Å²) in [5, 5.41) is 10.4. The second-order valence-electron chi connectivity index (χ2n) is 8.46. The summed E-state index contributed by atoms with van der Waals surface area (Å²) in [6.07, 6.45) is 16.1. The average Bonchev–Trinajstić information content (AvgIpc) is 2.88. The van der Waals surface area contributed by atoms with Gasteiger partial charge in [0.15, 0.2) is 0 Å². The first-order chi connectivity index (χ1) is 17.0. The summed E-state index contributed by atoms with van der Waals surface area (Å²) in [5.41, 5.74) is -0.00834. The van der Waals surface area contributed by atoms with Gasteiger partial charge in [-0.05, 0) is 50.3 Å². The summed E-state index contributed by atoms with van der Waals surface area (Å²) >= 11 is 3.46. The number of unbranched alkanes of at least 4 members (excludes halogenated alkanes) is 6. The second kappa shape index (κ2) is 16.3. The highest BCUT2D eigenvalue weighted by atomic mass is 79.9. The molecule has 1 aliphatic carbocycles. The largest absolute Gasteiger partial charge is 0.493 e. The van der Waals surface area contributed by atoms with Crippen LogP contribution in [-0.4, -0.2) is 42.2 Å². The van der Waals surface area contributed by atoms with Gasteiger partial charge in [0.05, 0.1) is 19.1 Å². The molecule has 6 nitrogen and oxygen atoms in total. The van der Waals surface area contributed by atoms with Crippen LogP contribution in [0.3, 0.4) is 0 Å². The maximum Gasteiger partial charge on any atom is 0.330 e. The highest BCUT2D eigenvalue weighted by Gasteiger charge is 2.34. The molecule has 192 valence electrons. The molecule has 0 fully saturated rings. The summed E-state index contributed by atoms with van der Waals surface area (Å²) in [6.45, 7) is 4.89. The molecule has 0 saturated heterocycles. The summed E-state index contributed by atoms with van der Waals surface area (Å²) in [4.78, 5) is 22.5. The van der Waals surface area contributed by atoms with Crippen molar-refractivity contribution in [2.75, 3.05) is 25.2 Å². The van der Waals surface area contributed by atoms with Crippen molar-refractivity contribution in [1.82, 2.24) is 0 Å². The number of alkyl halides is 1. The summed E-state index contributed by atoms with van der Waals surface area (Å²) in [7, 11) is 0. The SMILES string of the molecule is C=CC(=O)OCCCCCCOC1(c2ccccc2OCCCCCCBr)C=CC(C(=O)O)C=C1. The lowest BCUT2D eigenvalue weighted by molar-refractivity contribution is -0.139. The molecular weight excluding hydrogens is 512 g/mol. The Kier molecular flexibility index (Phi) is 13.5. The average molecular weight is 550 g/mol. The van der Waals surface area contributed by atoms with Crippen LogP contribution in [0.15, 0.2) is 61.2 Å². The smallest absolute Gasteiger partial charge is 0.330 e. The predicted octanol–water partition coefficient (Wildman–Crippen LogP) is 6.35. The van der Waals surface area contributed by atoms with E-state index >= 15 is 0 Å². The van der Waals surface area contributed by atoms with Crippen molar-refractivity contribution in [3.8, 4) is 5.75 Å². The molecule has 1 N–H and O–H groups in total. The van der Waals surface area contributed by atoms with Crippen molar-refractivity contribution in [3.05, 3.63) is 66.8 Å². The van der Waals surface area contributed by atoms with Gasteiger partial charge in [0.25, 0.3) is 0 Å². The molecule has 0 saturated carbocycles. The van der Waals surface area contributed by atoms with Crippen molar-refractivity contribution < 1.29 is 28.9 Å². The van der Waals surface area contributed by atoms with Gasteiger partial charge in [-0.15, -0.1) is 0 Å². The Morgan fingerprint density at radius 2 is 1.57 bits per heavy atom. The standard InChI is InChI=1S/C28H37BrO6/c1-2-26(30)34-21-11-5-6-12-22-35-28(17-15-23(16-18-28)27(31)32)24-13-7-8-14-25(24)33-20-10-4-3-9-19-29/h2,7-8,13-18,23H,1,3-6,9-12,19-22H2,(H,31,32). The molecule has 0 spiro atoms. The van der Waals surface area contributed by atoms with E-state index in [0.29, 0.717) is 19.8 Å². The van der Waals surface area contributed by atoms with Crippen LogP contribution < -0.4 is 4.74 Å². The highest BCUT2D eigenvalue weighted by molar-refractivity contribution is 9.09. The van der Waals surface area contributed by atoms with E-state index in [-0.39, 0.29) is 0 Å². The summed E-state index contributed by atoms with van der Waals surface area (Å²) < 4.78 is 17.5. The zero-order valence-electron chi connectivity index (χ0n) is 20.3. The molecule has 0 aliphatic heterocycles. The third-order valence-electron chi connectivity index (χ3n) is 5.77. The molecule has 0 amide bonds. The molecule has 0 radical (unpaired) electrons. The number of hydrogen-bond donors (Lipinski definition) is 1. The Hall–Kier alpha value is -2.38. The van der Waals surface area contributed by atoms with Gasteiger partial charge in [0.1, 0.15) is 11.4 Å². The summed E-state index contributed by atoms with van der Waals surface area (Å²) in [5.74, 6) is -1.21. The van der Waals surface area contributed by atoms with Gasteiger partial charge < -0.3 is 19.3 Å². The fourth-order valence-electron chi connectivity index (χ4n) is 3.81. The number of halogens is 1. The zero-order chi connectivity index (χ0) is 25.4. The van der Waals surface area contributed by atoms with Crippen molar-refractivity contribution in [3.63, 3.8) is 0 Å². The Bertz CT molecular complexity index is 849. The Balaban J connectivity index is 1.99. The first kappa shape index (κ1) is 28.9. The number of para-hydroxylation sites is 1.